The monoisotopic (exact) mass is 339 g/mol. The van der Waals surface area contributed by atoms with Gasteiger partial charge in [0.05, 0.1) is 0 Å². The molecule has 2 heterocycles. The van der Waals surface area contributed by atoms with E-state index in [4.69, 9.17) is 0 Å². The number of hydrogen-bond acceptors (Lipinski definition) is 3. The van der Waals surface area contributed by atoms with Gasteiger partial charge in [-0.1, -0.05) is 31.2 Å². The first-order valence-electron chi connectivity index (χ1n) is 8.89. The van der Waals surface area contributed by atoms with Crippen molar-refractivity contribution in [3.8, 4) is 0 Å². The molecular formula is C20H25N3O2. The Bertz CT molecular complexity index is 724. The first kappa shape index (κ1) is 17.4. The van der Waals surface area contributed by atoms with Gasteiger partial charge in [0, 0.05) is 25.2 Å². The van der Waals surface area contributed by atoms with Crippen LogP contribution in [0.3, 0.4) is 0 Å². The zero-order valence-electron chi connectivity index (χ0n) is 14.6. The number of nitrogens with zero attached hydrogens (tertiary/aromatic N) is 2. The van der Waals surface area contributed by atoms with Gasteiger partial charge in [-0.25, -0.2) is 0 Å². The van der Waals surface area contributed by atoms with Gasteiger partial charge < -0.3 is 10.5 Å². The van der Waals surface area contributed by atoms with Gasteiger partial charge in [0.15, 0.2) is 6.20 Å². The molecule has 1 aromatic carbocycles. The first-order valence-corrected chi connectivity index (χ1v) is 8.89. The van der Waals surface area contributed by atoms with Crippen LogP contribution in [0.25, 0.3) is 0 Å². The van der Waals surface area contributed by atoms with Crippen LogP contribution in [0.15, 0.2) is 48.7 Å². The fourth-order valence-electron chi connectivity index (χ4n) is 3.22. The number of carbonyl (C=O) groups is 1. The van der Waals surface area contributed by atoms with Crippen LogP contribution in [0.4, 0.5) is 0 Å². The summed E-state index contributed by atoms with van der Waals surface area (Å²) in [5.74, 6) is 0.465. The van der Waals surface area contributed by atoms with E-state index < -0.39 is 0 Å². The van der Waals surface area contributed by atoms with Crippen molar-refractivity contribution in [3.63, 3.8) is 0 Å². The van der Waals surface area contributed by atoms with Crippen LogP contribution < -0.4 is 10.0 Å². The molecule has 1 N–H and O–H groups in total. The lowest BCUT2D eigenvalue weighted by Crippen LogP contribution is -2.39. The normalized spacial score (nSPS) is 15.9. The zero-order valence-corrected chi connectivity index (χ0v) is 14.6. The summed E-state index contributed by atoms with van der Waals surface area (Å²) in [6.45, 7) is 5.90. The Kier molecular flexibility index (Phi) is 5.66. The van der Waals surface area contributed by atoms with Crippen LogP contribution in [0.1, 0.15) is 41.4 Å². The summed E-state index contributed by atoms with van der Waals surface area (Å²) in [5.41, 5.74) is 2.45. The number of piperidine rings is 1. The highest BCUT2D eigenvalue weighted by atomic mass is 16.5. The molecule has 1 saturated heterocycles. The molecule has 2 aromatic rings. The average Bonchev–Trinajstić information content (AvgIpc) is 2.63. The van der Waals surface area contributed by atoms with Crippen LogP contribution in [0, 0.1) is 11.1 Å². The third-order valence-electron chi connectivity index (χ3n) is 4.88. The number of pyridine rings is 1. The fraction of sp³-hybridized carbons (Fsp3) is 0.400. The van der Waals surface area contributed by atoms with Crippen molar-refractivity contribution in [2.45, 2.75) is 32.9 Å². The molecule has 1 aromatic heterocycles. The van der Waals surface area contributed by atoms with Crippen molar-refractivity contribution in [2.24, 2.45) is 5.92 Å². The van der Waals surface area contributed by atoms with Gasteiger partial charge in [0.25, 0.3) is 5.69 Å². The number of rotatable bonds is 5. The van der Waals surface area contributed by atoms with Gasteiger partial charge in [0.2, 0.25) is 0 Å². The van der Waals surface area contributed by atoms with E-state index in [9.17, 15) is 10.0 Å². The van der Waals surface area contributed by atoms with Gasteiger partial charge in [-0.2, -0.15) is 4.73 Å². The van der Waals surface area contributed by atoms with Crippen molar-refractivity contribution in [1.82, 2.24) is 10.2 Å². The Labute approximate surface area is 148 Å². The van der Waals surface area contributed by atoms with Crippen LogP contribution in [-0.4, -0.2) is 23.9 Å². The minimum atomic E-state index is -0.350. The second kappa shape index (κ2) is 8.12. The molecule has 5 heteroatoms. The highest BCUT2D eigenvalue weighted by Crippen LogP contribution is 2.19. The molecule has 0 bridgehead atoms. The molecule has 0 aliphatic carbocycles. The van der Waals surface area contributed by atoms with Gasteiger partial charge >= 0.3 is 5.91 Å². The van der Waals surface area contributed by atoms with Crippen LogP contribution >= 0.6 is 0 Å². The van der Waals surface area contributed by atoms with Crippen LogP contribution in [0.5, 0.6) is 0 Å². The van der Waals surface area contributed by atoms with E-state index in [1.807, 2.05) is 18.2 Å². The maximum atomic E-state index is 12.2. The Morgan fingerprint density at radius 3 is 2.56 bits per heavy atom. The summed E-state index contributed by atoms with van der Waals surface area (Å²) in [7, 11) is 0. The minimum absolute atomic E-state index is 0.116. The number of benzene rings is 1. The zero-order chi connectivity index (χ0) is 17.6. The molecule has 5 nitrogen and oxygen atoms in total. The van der Waals surface area contributed by atoms with Gasteiger partial charge in [-0.05, 0) is 49.0 Å². The first-order chi connectivity index (χ1) is 12.1. The molecule has 0 atom stereocenters. The maximum Gasteiger partial charge on any atom is 0.317 e. The van der Waals surface area contributed by atoms with Crippen molar-refractivity contribution in [2.75, 3.05) is 13.1 Å². The van der Waals surface area contributed by atoms with Crippen molar-refractivity contribution in [3.05, 3.63) is 70.7 Å². The molecular weight excluding hydrogens is 314 g/mol. The largest absolute Gasteiger partial charge is 0.618 e. The number of hydrogen-bond donors (Lipinski definition) is 1. The predicted octanol–water partition coefficient (Wildman–Crippen LogP) is 2.48. The predicted molar refractivity (Wildman–Crippen MR) is 96.7 cm³/mol. The van der Waals surface area contributed by atoms with Gasteiger partial charge in [-0.3, -0.25) is 9.69 Å². The van der Waals surface area contributed by atoms with E-state index in [-0.39, 0.29) is 11.6 Å². The number of carbonyl (C=O) groups excluding carboxylic acids is 1. The van der Waals surface area contributed by atoms with Gasteiger partial charge in [-0.15, -0.1) is 0 Å². The van der Waals surface area contributed by atoms with Crippen molar-refractivity contribution >= 4 is 5.91 Å². The lowest BCUT2D eigenvalue weighted by molar-refractivity contribution is -0.607. The molecule has 0 radical (unpaired) electrons. The molecule has 0 unspecified atom stereocenters. The summed E-state index contributed by atoms with van der Waals surface area (Å²) in [6.07, 6.45) is 3.83. The van der Waals surface area contributed by atoms with Crippen molar-refractivity contribution in [1.29, 1.82) is 0 Å². The molecule has 0 spiro atoms. The standard InChI is InChI=1S/C20H25N3O2/c1-16-9-12-22(13-10-16)15-18-7-3-2-6-17(18)14-21-20(24)19-8-4-5-11-23(19)25/h2-8,11,16H,9-10,12-15H2,1H3,(H,21,24). The number of likely N-dealkylation sites (tertiary alicyclic amines) is 1. The Balaban J connectivity index is 1.63. The topological polar surface area (TPSA) is 59.3 Å². The van der Waals surface area contributed by atoms with Crippen molar-refractivity contribution < 1.29 is 9.52 Å². The quantitative estimate of drug-likeness (QED) is 0.672. The molecule has 1 fully saturated rings. The molecule has 1 amide bonds. The summed E-state index contributed by atoms with van der Waals surface area (Å²) in [6, 6.07) is 13.0. The average molecular weight is 339 g/mol. The fourth-order valence-corrected chi connectivity index (χ4v) is 3.22. The molecule has 0 saturated carbocycles. The second-order valence-corrected chi connectivity index (χ2v) is 6.82. The smallest absolute Gasteiger partial charge is 0.317 e. The molecule has 25 heavy (non-hydrogen) atoms. The Morgan fingerprint density at radius 1 is 1.16 bits per heavy atom. The van der Waals surface area contributed by atoms with E-state index in [1.165, 1.54) is 30.7 Å². The van der Waals surface area contributed by atoms with E-state index in [2.05, 4.69) is 23.2 Å². The molecule has 132 valence electrons. The summed E-state index contributed by atoms with van der Waals surface area (Å²) in [5, 5.41) is 14.5. The third kappa shape index (κ3) is 4.57. The highest BCUT2D eigenvalue weighted by Gasteiger charge is 2.18. The van der Waals surface area contributed by atoms with E-state index in [0.29, 0.717) is 11.3 Å². The summed E-state index contributed by atoms with van der Waals surface area (Å²) >= 11 is 0. The highest BCUT2D eigenvalue weighted by molar-refractivity contribution is 5.90. The third-order valence-corrected chi connectivity index (χ3v) is 4.88. The number of aromatic nitrogens is 1. The Morgan fingerprint density at radius 2 is 1.84 bits per heavy atom. The van der Waals surface area contributed by atoms with E-state index >= 15 is 0 Å². The van der Waals surface area contributed by atoms with Crippen LogP contribution in [-0.2, 0) is 13.1 Å². The van der Waals surface area contributed by atoms with Gasteiger partial charge in [0.1, 0.15) is 0 Å². The summed E-state index contributed by atoms with van der Waals surface area (Å²) in [4.78, 5) is 14.7. The maximum absolute atomic E-state index is 12.2. The van der Waals surface area contributed by atoms with Crippen LogP contribution in [0.2, 0.25) is 0 Å². The minimum Gasteiger partial charge on any atom is -0.618 e. The summed E-state index contributed by atoms with van der Waals surface area (Å²) < 4.78 is 0.593. The lowest BCUT2D eigenvalue weighted by atomic mass is 9.98. The number of amides is 1. The molecule has 1 aliphatic heterocycles. The molecule has 3 rings (SSSR count). The SMILES string of the molecule is CC1CCN(Cc2ccccc2CNC(=O)c2cccc[n+]2[O-])CC1. The van der Waals surface area contributed by atoms with E-state index in [0.717, 1.165) is 31.1 Å². The Hall–Kier alpha value is -2.40. The van der Waals surface area contributed by atoms with E-state index in [1.54, 1.807) is 12.1 Å². The molecule has 1 aliphatic rings. The lowest BCUT2D eigenvalue weighted by Gasteiger charge is -2.30. The second-order valence-electron chi connectivity index (χ2n) is 6.82. The number of nitrogens with one attached hydrogen (secondary N) is 1.